The Hall–Kier alpha value is -1.71. The van der Waals surface area contributed by atoms with E-state index in [1.807, 2.05) is 0 Å². The number of rotatable bonds is 2. The second kappa shape index (κ2) is 6.14. The summed E-state index contributed by atoms with van der Waals surface area (Å²) in [5.74, 6) is 0.482. The summed E-state index contributed by atoms with van der Waals surface area (Å²) in [6.07, 6.45) is 11.0. The van der Waals surface area contributed by atoms with Gasteiger partial charge in [0.1, 0.15) is 0 Å². The van der Waals surface area contributed by atoms with Gasteiger partial charge in [-0.2, -0.15) is 0 Å². The van der Waals surface area contributed by atoms with Gasteiger partial charge >= 0.3 is 5.97 Å². The molecule has 0 saturated heterocycles. The van der Waals surface area contributed by atoms with Crippen LogP contribution in [-0.2, 0) is 14.4 Å². The summed E-state index contributed by atoms with van der Waals surface area (Å²) in [7, 11) is 0. The van der Waals surface area contributed by atoms with E-state index >= 15 is 0 Å². The fraction of sp³-hybridized carbons (Fsp3) is 0.708. The zero-order chi connectivity index (χ0) is 19.8. The first kappa shape index (κ1) is 18.3. The van der Waals surface area contributed by atoms with E-state index in [4.69, 9.17) is 0 Å². The molecule has 6 aliphatic carbocycles. The van der Waals surface area contributed by atoms with Crippen LogP contribution in [0.15, 0.2) is 23.8 Å². The number of carboxylic acids is 1. The molecule has 1 spiro atoms. The molecule has 3 fully saturated rings. The number of carbonyl (C=O) groups excluding carboxylic acids is 2. The molecule has 6 rings (SSSR count). The van der Waals surface area contributed by atoms with Crippen LogP contribution in [0.2, 0.25) is 0 Å². The van der Waals surface area contributed by atoms with E-state index in [-0.39, 0.29) is 46.6 Å². The van der Waals surface area contributed by atoms with Crippen molar-refractivity contribution in [2.24, 2.45) is 52.8 Å². The van der Waals surface area contributed by atoms with Crippen LogP contribution in [0, 0.1) is 52.8 Å². The fourth-order valence-electron chi connectivity index (χ4n) is 8.10. The number of ketones is 2. The summed E-state index contributed by atoms with van der Waals surface area (Å²) in [4.78, 5) is 37.8. The van der Waals surface area contributed by atoms with Gasteiger partial charge < -0.3 is 5.11 Å². The average molecular weight is 383 g/mol. The lowest BCUT2D eigenvalue weighted by Gasteiger charge is -2.65. The Kier molecular flexibility index (Phi) is 4.02. The third-order valence-electron chi connectivity index (χ3n) is 9.01. The molecular formula is C24H30O4. The molecule has 0 aromatic heterocycles. The number of fused-ring (bicyclic) bond motifs is 1. The van der Waals surface area contributed by atoms with Crippen LogP contribution in [0.1, 0.15) is 52.4 Å². The maximum absolute atomic E-state index is 13.1. The molecule has 0 aromatic rings. The van der Waals surface area contributed by atoms with Crippen molar-refractivity contribution >= 4 is 17.5 Å². The first-order chi connectivity index (χ1) is 13.3. The van der Waals surface area contributed by atoms with Crippen LogP contribution >= 0.6 is 0 Å². The monoisotopic (exact) mass is 382 g/mol. The highest BCUT2D eigenvalue weighted by molar-refractivity contribution is 6.08. The zero-order valence-electron chi connectivity index (χ0n) is 16.8. The summed E-state index contributed by atoms with van der Waals surface area (Å²) < 4.78 is 0. The molecule has 0 aromatic carbocycles. The molecule has 0 heterocycles. The van der Waals surface area contributed by atoms with E-state index in [0.29, 0.717) is 17.8 Å². The highest BCUT2D eigenvalue weighted by Crippen LogP contribution is 2.69. The number of carbonyl (C=O) groups is 3. The van der Waals surface area contributed by atoms with Gasteiger partial charge in [0.2, 0.25) is 0 Å². The smallest absolute Gasteiger partial charge is 0.306 e. The fourth-order valence-corrected chi connectivity index (χ4v) is 8.10. The molecule has 1 N–H and O–H groups in total. The van der Waals surface area contributed by atoms with Crippen molar-refractivity contribution < 1.29 is 19.5 Å². The van der Waals surface area contributed by atoms with Crippen LogP contribution in [-0.4, -0.2) is 22.6 Å². The minimum absolute atomic E-state index is 0.127. The van der Waals surface area contributed by atoms with Gasteiger partial charge in [0.05, 0.1) is 5.92 Å². The van der Waals surface area contributed by atoms with Crippen molar-refractivity contribution in [2.75, 3.05) is 0 Å². The third-order valence-corrected chi connectivity index (χ3v) is 9.01. The molecule has 0 aliphatic heterocycles. The number of hydrogen-bond donors (Lipinski definition) is 1. The summed E-state index contributed by atoms with van der Waals surface area (Å²) in [5, 5.41) is 9.76. The Labute approximate surface area is 166 Å². The third kappa shape index (κ3) is 2.26. The van der Waals surface area contributed by atoms with Crippen LogP contribution < -0.4 is 0 Å². The Bertz CT molecular complexity index is 805. The predicted octanol–water partition coefficient (Wildman–Crippen LogP) is 4.06. The van der Waals surface area contributed by atoms with Crippen molar-refractivity contribution in [1.82, 2.24) is 0 Å². The lowest BCUT2D eigenvalue weighted by Crippen LogP contribution is -2.62. The Morgan fingerprint density at radius 3 is 2.57 bits per heavy atom. The Morgan fingerprint density at radius 1 is 1.11 bits per heavy atom. The number of hydrogen-bond acceptors (Lipinski definition) is 3. The summed E-state index contributed by atoms with van der Waals surface area (Å²) >= 11 is 0. The highest BCUT2D eigenvalue weighted by atomic mass is 16.4. The molecule has 0 amide bonds. The Morgan fingerprint density at radius 2 is 1.86 bits per heavy atom. The average Bonchev–Trinajstić information content (AvgIpc) is 2.68. The highest BCUT2D eigenvalue weighted by Gasteiger charge is 2.66. The van der Waals surface area contributed by atoms with Gasteiger partial charge in [-0.15, -0.1) is 0 Å². The van der Waals surface area contributed by atoms with Gasteiger partial charge in [0.25, 0.3) is 0 Å². The molecule has 4 nitrogen and oxygen atoms in total. The van der Waals surface area contributed by atoms with E-state index in [2.05, 4.69) is 19.9 Å². The van der Waals surface area contributed by atoms with Crippen molar-refractivity contribution in [3.8, 4) is 0 Å². The van der Waals surface area contributed by atoms with Gasteiger partial charge in [-0.1, -0.05) is 31.9 Å². The quantitative estimate of drug-likeness (QED) is 0.731. The normalized spacial score (nSPS) is 46.7. The summed E-state index contributed by atoms with van der Waals surface area (Å²) in [6.45, 7) is 4.40. The van der Waals surface area contributed by atoms with Crippen molar-refractivity contribution in [2.45, 2.75) is 52.4 Å². The van der Waals surface area contributed by atoms with E-state index in [9.17, 15) is 19.5 Å². The van der Waals surface area contributed by atoms with Crippen molar-refractivity contribution in [1.29, 1.82) is 0 Å². The maximum Gasteiger partial charge on any atom is 0.306 e. The maximum atomic E-state index is 13.1. The van der Waals surface area contributed by atoms with Crippen LogP contribution in [0.3, 0.4) is 0 Å². The molecule has 150 valence electrons. The lowest BCUT2D eigenvalue weighted by molar-refractivity contribution is -0.164. The van der Waals surface area contributed by atoms with Gasteiger partial charge in [-0.05, 0) is 73.8 Å². The minimum atomic E-state index is -0.644. The molecule has 0 unspecified atom stereocenters. The zero-order valence-corrected chi connectivity index (χ0v) is 16.8. The van der Waals surface area contributed by atoms with E-state index < -0.39 is 5.97 Å². The predicted molar refractivity (Wildman–Crippen MR) is 104 cm³/mol. The number of allylic oxidation sites excluding steroid dienone is 4. The summed E-state index contributed by atoms with van der Waals surface area (Å²) in [6, 6.07) is 0. The van der Waals surface area contributed by atoms with Gasteiger partial charge in [0.15, 0.2) is 11.6 Å². The minimum Gasteiger partial charge on any atom is -0.481 e. The van der Waals surface area contributed by atoms with Crippen LogP contribution in [0.4, 0.5) is 0 Å². The number of carboxylic acid groups (broad SMARTS) is 1. The van der Waals surface area contributed by atoms with Gasteiger partial charge in [-0.25, -0.2) is 0 Å². The summed E-state index contributed by atoms with van der Waals surface area (Å²) in [5.41, 5.74) is 1.14. The molecule has 0 radical (unpaired) electrons. The SMILES string of the molecule is CC(C)C1=C[C@@]23CC[C@@H]4[C@H](CCC[C@H]4C(=O)O)[C@@H]2C[C@H]1[C@@H]1C(=O)C=CC(=O)[C@H]13. The first-order valence-electron chi connectivity index (χ1n) is 11.1. The van der Waals surface area contributed by atoms with E-state index in [1.54, 1.807) is 0 Å². The topological polar surface area (TPSA) is 71.4 Å². The number of aliphatic carboxylic acids is 1. The second-order valence-electron chi connectivity index (χ2n) is 10.2. The van der Waals surface area contributed by atoms with Gasteiger partial charge in [-0.3, -0.25) is 14.4 Å². The molecular weight excluding hydrogens is 352 g/mol. The van der Waals surface area contributed by atoms with Crippen LogP contribution in [0.5, 0.6) is 0 Å². The molecule has 8 atom stereocenters. The lowest BCUT2D eigenvalue weighted by atomic mass is 9.38. The molecule has 3 saturated carbocycles. The van der Waals surface area contributed by atoms with E-state index in [0.717, 1.165) is 38.5 Å². The Balaban J connectivity index is 1.62. The van der Waals surface area contributed by atoms with Crippen molar-refractivity contribution in [3.05, 3.63) is 23.8 Å². The molecule has 2 bridgehead atoms. The molecule has 6 aliphatic rings. The second-order valence-corrected chi connectivity index (χ2v) is 10.2. The van der Waals surface area contributed by atoms with Gasteiger partial charge in [0, 0.05) is 17.3 Å². The standard InChI is InChI=1S/C24H30O4/c1-12(2)17-11-24-9-8-13-14(4-3-5-15(13)23(27)28)18(24)10-16(17)21-19(25)6-7-20(26)22(21)24/h6-7,11-16,18,21-22H,3-5,8-10H2,1-2H3,(H,27,28)/t13-,14+,15-,16-,18+,21-,22-,24+/m1/s1. The largest absolute Gasteiger partial charge is 0.481 e. The van der Waals surface area contributed by atoms with Crippen LogP contribution in [0.25, 0.3) is 0 Å². The first-order valence-corrected chi connectivity index (χ1v) is 11.1. The molecule has 28 heavy (non-hydrogen) atoms. The van der Waals surface area contributed by atoms with Crippen molar-refractivity contribution in [3.63, 3.8) is 0 Å². The van der Waals surface area contributed by atoms with E-state index in [1.165, 1.54) is 17.7 Å². The molecule has 4 heteroatoms.